The lowest BCUT2D eigenvalue weighted by Gasteiger charge is -2.37. The van der Waals surface area contributed by atoms with E-state index in [1.807, 2.05) is 25.4 Å². The molecule has 19 heavy (non-hydrogen) atoms. The summed E-state index contributed by atoms with van der Waals surface area (Å²) >= 11 is 0. The Hall–Kier alpha value is -1.29. The Kier molecular flexibility index (Phi) is 5.02. The molecule has 1 aromatic heterocycles. The van der Waals surface area contributed by atoms with Crippen molar-refractivity contribution in [2.24, 2.45) is 0 Å². The zero-order valence-corrected chi connectivity index (χ0v) is 12.2. The summed E-state index contributed by atoms with van der Waals surface area (Å²) in [4.78, 5) is 6.96. The first kappa shape index (κ1) is 14.1. The molecule has 0 bridgehead atoms. The molecule has 2 rings (SSSR count). The van der Waals surface area contributed by atoms with E-state index >= 15 is 0 Å². The number of piperidine rings is 1. The smallest absolute Gasteiger partial charge is 0.171 e. The fraction of sp³-hybridized carbons (Fsp3) is 0.667. The topological polar surface area (TPSA) is 37.4 Å². The summed E-state index contributed by atoms with van der Waals surface area (Å²) in [6.07, 6.45) is 5.79. The van der Waals surface area contributed by atoms with E-state index in [0.29, 0.717) is 6.04 Å². The molecule has 0 aliphatic carbocycles. The monoisotopic (exact) mass is 263 g/mol. The van der Waals surface area contributed by atoms with Gasteiger partial charge in [-0.2, -0.15) is 0 Å². The normalized spacial score (nSPS) is 19.8. The SMILES string of the molecule is CNCC1CCCCN1c1ncccc1OC(C)C. The van der Waals surface area contributed by atoms with Gasteiger partial charge in [-0.05, 0) is 52.3 Å². The highest BCUT2D eigenvalue weighted by molar-refractivity contribution is 5.53. The molecule has 1 aliphatic rings. The first-order valence-electron chi connectivity index (χ1n) is 7.25. The molecule has 2 heterocycles. The molecule has 0 amide bonds. The van der Waals surface area contributed by atoms with Crippen LogP contribution in [0.15, 0.2) is 18.3 Å². The van der Waals surface area contributed by atoms with E-state index in [1.54, 1.807) is 0 Å². The lowest BCUT2D eigenvalue weighted by atomic mass is 10.0. The highest BCUT2D eigenvalue weighted by atomic mass is 16.5. The molecule has 1 N–H and O–H groups in total. The molecule has 0 radical (unpaired) electrons. The van der Waals surface area contributed by atoms with Crippen molar-refractivity contribution in [1.29, 1.82) is 0 Å². The van der Waals surface area contributed by atoms with Gasteiger partial charge < -0.3 is 15.0 Å². The molecule has 0 spiro atoms. The first-order chi connectivity index (χ1) is 9.22. The largest absolute Gasteiger partial charge is 0.487 e. The van der Waals surface area contributed by atoms with E-state index in [2.05, 4.69) is 29.0 Å². The molecular formula is C15H25N3O. The molecule has 1 aliphatic heterocycles. The average Bonchev–Trinajstić information content (AvgIpc) is 2.40. The van der Waals surface area contributed by atoms with Gasteiger partial charge >= 0.3 is 0 Å². The Balaban J connectivity index is 2.22. The van der Waals surface area contributed by atoms with Gasteiger partial charge in [0.2, 0.25) is 0 Å². The van der Waals surface area contributed by atoms with E-state index in [1.165, 1.54) is 19.3 Å². The van der Waals surface area contributed by atoms with Gasteiger partial charge in [0.15, 0.2) is 11.6 Å². The van der Waals surface area contributed by atoms with E-state index < -0.39 is 0 Å². The van der Waals surface area contributed by atoms with Crippen molar-refractivity contribution in [3.8, 4) is 5.75 Å². The van der Waals surface area contributed by atoms with Gasteiger partial charge in [-0.25, -0.2) is 4.98 Å². The summed E-state index contributed by atoms with van der Waals surface area (Å²) in [5.41, 5.74) is 0. The van der Waals surface area contributed by atoms with Crippen molar-refractivity contribution in [3.05, 3.63) is 18.3 Å². The van der Waals surface area contributed by atoms with E-state index in [4.69, 9.17) is 4.74 Å². The zero-order chi connectivity index (χ0) is 13.7. The summed E-state index contributed by atoms with van der Waals surface area (Å²) in [7, 11) is 2.01. The number of hydrogen-bond donors (Lipinski definition) is 1. The molecule has 1 aromatic rings. The van der Waals surface area contributed by atoms with Gasteiger partial charge in [0, 0.05) is 25.3 Å². The van der Waals surface area contributed by atoms with Crippen molar-refractivity contribution in [1.82, 2.24) is 10.3 Å². The fourth-order valence-electron chi connectivity index (χ4n) is 2.67. The predicted molar refractivity (Wildman–Crippen MR) is 78.9 cm³/mol. The summed E-state index contributed by atoms with van der Waals surface area (Å²) in [6, 6.07) is 4.48. The molecular weight excluding hydrogens is 238 g/mol. The number of nitrogens with zero attached hydrogens (tertiary/aromatic N) is 2. The maximum atomic E-state index is 5.90. The quantitative estimate of drug-likeness (QED) is 0.885. The van der Waals surface area contributed by atoms with Crippen molar-refractivity contribution in [2.75, 3.05) is 25.0 Å². The van der Waals surface area contributed by atoms with E-state index in [9.17, 15) is 0 Å². The van der Waals surface area contributed by atoms with Crippen LogP contribution in [-0.2, 0) is 0 Å². The third-order valence-corrected chi connectivity index (χ3v) is 3.45. The van der Waals surface area contributed by atoms with Gasteiger partial charge in [0.05, 0.1) is 6.10 Å². The Morgan fingerprint density at radius 1 is 1.47 bits per heavy atom. The standard InChI is InChI=1S/C15H25N3O/c1-12(2)19-14-8-6-9-17-15(14)18-10-5-4-7-13(18)11-16-3/h6,8-9,12-13,16H,4-5,7,10-11H2,1-3H3. The molecule has 1 atom stereocenters. The highest BCUT2D eigenvalue weighted by Crippen LogP contribution is 2.31. The second-order valence-corrected chi connectivity index (χ2v) is 5.39. The molecule has 1 unspecified atom stereocenters. The number of aromatic nitrogens is 1. The second-order valence-electron chi connectivity index (χ2n) is 5.39. The van der Waals surface area contributed by atoms with Crippen LogP contribution in [0, 0.1) is 0 Å². The van der Waals surface area contributed by atoms with Gasteiger partial charge in [0.25, 0.3) is 0 Å². The third kappa shape index (κ3) is 3.60. The molecule has 4 nitrogen and oxygen atoms in total. The summed E-state index contributed by atoms with van der Waals surface area (Å²) in [6.45, 7) is 6.17. The van der Waals surface area contributed by atoms with Crippen LogP contribution in [0.1, 0.15) is 33.1 Å². The maximum Gasteiger partial charge on any atom is 0.171 e. The van der Waals surface area contributed by atoms with Crippen LogP contribution in [0.4, 0.5) is 5.82 Å². The van der Waals surface area contributed by atoms with Gasteiger partial charge in [-0.3, -0.25) is 0 Å². The Bertz CT molecular complexity index is 393. The lowest BCUT2D eigenvalue weighted by molar-refractivity contribution is 0.241. The van der Waals surface area contributed by atoms with Crippen molar-refractivity contribution < 1.29 is 4.74 Å². The summed E-state index contributed by atoms with van der Waals surface area (Å²) in [5, 5.41) is 3.29. The van der Waals surface area contributed by atoms with Crippen LogP contribution in [0.2, 0.25) is 0 Å². The molecule has 106 valence electrons. The number of hydrogen-bond acceptors (Lipinski definition) is 4. The highest BCUT2D eigenvalue weighted by Gasteiger charge is 2.25. The number of rotatable bonds is 5. The Morgan fingerprint density at radius 2 is 2.32 bits per heavy atom. The van der Waals surface area contributed by atoms with Gasteiger partial charge in [-0.15, -0.1) is 0 Å². The zero-order valence-electron chi connectivity index (χ0n) is 12.2. The van der Waals surface area contributed by atoms with Crippen LogP contribution in [0.3, 0.4) is 0 Å². The molecule has 0 saturated carbocycles. The van der Waals surface area contributed by atoms with E-state index in [0.717, 1.165) is 24.7 Å². The first-order valence-corrected chi connectivity index (χ1v) is 7.25. The fourth-order valence-corrected chi connectivity index (χ4v) is 2.67. The van der Waals surface area contributed by atoms with Crippen LogP contribution in [0.25, 0.3) is 0 Å². The minimum absolute atomic E-state index is 0.176. The number of anilines is 1. The van der Waals surface area contributed by atoms with Crippen LogP contribution in [-0.4, -0.2) is 37.3 Å². The number of likely N-dealkylation sites (N-methyl/N-ethyl adjacent to an activating group) is 1. The van der Waals surface area contributed by atoms with Gasteiger partial charge in [-0.1, -0.05) is 0 Å². The number of nitrogens with one attached hydrogen (secondary N) is 1. The predicted octanol–water partition coefficient (Wildman–Crippen LogP) is 2.45. The maximum absolute atomic E-state index is 5.90. The summed E-state index contributed by atoms with van der Waals surface area (Å²) < 4.78 is 5.90. The second kappa shape index (κ2) is 6.75. The lowest BCUT2D eigenvalue weighted by Crippen LogP contribution is -2.45. The van der Waals surface area contributed by atoms with Crippen molar-refractivity contribution >= 4 is 5.82 Å². The minimum Gasteiger partial charge on any atom is -0.487 e. The Morgan fingerprint density at radius 3 is 3.05 bits per heavy atom. The minimum atomic E-state index is 0.176. The van der Waals surface area contributed by atoms with E-state index in [-0.39, 0.29) is 6.10 Å². The molecule has 4 heteroatoms. The van der Waals surface area contributed by atoms with Crippen molar-refractivity contribution in [3.63, 3.8) is 0 Å². The molecule has 0 aromatic carbocycles. The molecule has 1 fully saturated rings. The Labute approximate surface area is 116 Å². The molecule has 1 saturated heterocycles. The van der Waals surface area contributed by atoms with Gasteiger partial charge in [0.1, 0.15) is 0 Å². The average molecular weight is 263 g/mol. The van der Waals surface area contributed by atoms with Crippen LogP contribution >= 0.6 is 0 Å². The third-order valence-electron chi connectivity index (χ3n) is 3.45. The summed E-state index contributed by atoms with van der Waals surface area (Å²) in [5.74, 6) is 1.90. The number of ether oxygens (including phenoxy) is 1. The van der Waals surface area contributed by atoms with Crippen LogP contribution < -0.4 is 15.0 Å². The van der Waals surface area contributed by atoms with Crippen LogP contribution in [0.5, 0.6) is 5.75 Å². The van der Waals surface area contributed by atoms with Crippen molar-refractivity contribution in [2.45, 2.75) is 45.3 Å². The number of pyridine rings is 1.